The molecule has 1 saturated heterocycles. The van der Waals surface area contributed by atoms with Crippen molar-refractivity contribution in [2.45, 2.75) is 38.1 Å². The molecule has 5 heteroatoms. The molecule has 1 unspecified atom stereocenters. The van der Waals surface area contributed by atoms with E-state index in [4.69, 9.17) is 12.2 Å². The van der Waals surface area contributed by atoms with Gasteiger partial charge in [0, 0.05) is 17.7 Å². The molecular weight excluding hydrogens is 416 g/mol. The first-order chi connectivity index (χ1) is 15.6. The summed E-state index contributed by atoms with van der Waals surface area (Å²) < 4.78 is 0. The van der Waals surface area contributed by atoms with Crippen LogP contribution < -0.4 is 9.80 Å². The first-order valence-corrected chi connectivity index (χ1v) is 11.5. The van der Waals surface area contributed by atoms with Crippen LogP contribution in [0, 0.1) is 0 Å². The molecule has 32 heavy (non-hydrogen) atoms. The maximum Gasteiger partial charge on any atom is 0.256 e. The predicted octanol–water partition coefficient (Wildman–Crippen LogP) is 5.35. The second-order valence-corrected chi connectivity index (χ2v) is 8.70. The fourth-order valence-electron chi connectivity index (χ4n) is 4.67. The maximum atomic E-state index is 13.5. The highest BCUT2D eigenvalue weighted by molar-refractivity contribution is 7.81. The van der Waals surface area contributed by atoms with E-state index in [9.17, 15) is 9.59 Å². The molecule has 3 aromatic carbocycles. The molecule has 3 aromatic rings. The van der Waals surface area contributed by atoms with Gasteiger partial charge >= 0.3 is 0 Å². The largest absolute Gasteiger partial charge is 0.305 e. The zero-order valence-corrected chi connectivity index (χ0v) is 18.6. The molecule has 0 spiro atoms. The minimum absolute atomic E-state index is 0.0321. The van der Waals surface area contributed by atoms with E-state index in [0.717, 1.165) is 24.9 Å². The summed E-state index contributed by atoms with van der Waals surface area (Å²) in [5.41, 5.74) is 4.81. The molecule has 160 valence electrons. The number of hydrogen-bond donors (Lipinski definition) is 0. The van der Waals surface area contributed by atoms with Gasteiger partial charge < -0.3 is 4.90 Å². The first-order valence-electron chi connectivity index (χ1n) is 11.1. The molecular formula is C27H24N2O2S. The fraction of sp³-hybridized carbons (Fsp3) is 0.222. The van der Waals surface area contributed by atoms with Gasteiger partial charge in [-0.15, -0.1) is 0 Å². The van der Waals surface area contributed by atoms with Crippen molar-refractivity contribution < 1.29 is 9.59 Å². The van der Waals surface area contributed by atoms with Crippen molar-refractivity contribution >= 4 is 40.4 Å². The number of carbonyl (C=O) groups is 2. The highest BCUT2D eigenvalue weighted by Gasteiger charge is 2.44. The molecule has 0 saturated carbocycles. The molecule has 1 heterocycles. The lowest BCUT2D eigenvalue weighted by atomic mass is 9.89. The third-order valence-electron chi connectivity index (χ3n) is 6.31. The Morgan fingerprint density at radius 3 is 2.16 bits per heavy atom. The highest BCUT2D eigenvalue weighted by atomic mass is 32.1. The van der Waals surface area contributed by atoms with Crippen LogP contribution in [0.1, 0.15) is 40.7 Å². The number of anilines is 2. The van der Waals surface area contributed by atoms with Gasteiger partial charge in [-0.25, -0.2) is 0 Å². The van der Waals surface area contributed by atoms with E-state index >= 15 is 0 Å². The van der Waals surface area contributed by atoms with Crippen LogP contribution in [0.2, 0.25) is 0 Å². The Hall–Kier alpha value is -3.31. The quantitative estimate of drug-likeness (QED) is 0.396. The average molecular weight is 441 g/mol. The van der Waals surface area contributed by atoms with Crippen LogP contribution in [-0.2, 0) is 17.6 Å². The first kappa shape index (κ1) is 20.6. The summed E-state index contributed by atoms with van der Waals surface area (Å²) in [5.74, 6) is -0.202. The Kier molecular flexibility index (Phi) is 5.58. The van der Waals surface area contributed by atoms with Crippen molar-refractivity contribution in [2.24, 2.45) is 0 Å². The lowest BCUT2D eigenvalue weighted by molar-refractivity contribution is -0.117. The lowest BCUT2D eigenvalue weighted by Crippen LogP contribution is -2.36. The van der Waals surface area contributed by atoms with Crippen molar-refractivity contribution in [1.82, 2.24) is 0 Å². The summed E-state index contributed by atoms with van der Waals surface area (Å²) >= 11 is 5.75. The molecule has 2 aliphatic rings. The molecule has 1 aliphatic carbocycles. The maximum absolute atomic E-state index is 13.5. The van der Waals surface area contributed by atoms with Gasteiger partial charge in [0.2, 0.25) is 0 Å². The van der Waals surface area contributed by atoms with Gasteiger partial charge in [0.25, 0.3) is 5.91 Å². The lowest BCUT2D eigenvalue weighted by Gasteiger charge is -2.24. The van der Waals surface area contributed by atoms with E-state index in [0.29, 0.717) is 16.4 Å². The van der Waals surface area contributed by atoms with Crippen molar-refractivity contribution in [2.75, 3.05) is 9.80 Å². The minimum atomic E-state index is -0.673. The number of nitrogens with zero attached hydrogens (tertiary/aromatic N) is 2. The molecule has 5 rings (SSSR count). The van der Waals surface area contributed by atoms with E-state index in [1.165, 1.54) is 17.5 Å². The Bertz CT molecular complexity index is 1180. The number of para-hydroxylation sites is 2. The molecule has 1 atom stereocenters. The SMILES string of the molecule is O=C(CC1C(=O)N(c2ccccc2)C(=S)N1c1ccccc1)c1ccc2c(c1)CCCC2. The van der Waals surface area contributed by atoms with Gasteiger partial charge in [0.05, 0.1) is 5.69 Å². The zero-order chi connectivity index (χ0) is 22.1. The van der Waals surface area contributed by atoms with Crippen LogP contribution in [0.3, 0.4) is 0 Å². The third-order valence-corrected chi connectivity index (χ3v) is 6.69. The van der Waals surface area contributed by atoms with E-state index in [-0.39, 0.29) is 18.1 Å². The fourth-order valence-corrected chi connectivity index (χ4v) is 5.10. The van der Waals surface area contributed by atoms with Gasteiger partial charge in [-0.3, -0.25) is 14.5 Å². The highest BCUT2D eigenvalue weighted by Crippen LogP contribution is 2.32. The molecule has 0 bridgehead atoms. The Balaban J connectivity index is 1.48. The van der Waals surface area contributed by atoms with Crippen molar-refractivity contribution in [3.63, 3.8) is 0 Å². The Labute approximate surface area is 193 Å². The summed E-state index contributed by atoms with van der Waals surface area (Å²) in [7, 11) is 0. The number of benzene rings is 3. The van der Waals surface area contributed by atoms with E-state index < -0.39 is 6.04 Å². The molecule has 0 radical (unpaired) electrons. The smallest absolute Gasteiger partial charge is 0.256 e. The standard InChI is InChI=1S/C27H24N2O2S/c30-25(21-16-15-19-9-7-8-10-20(19)17-21)18-24-26(31)29(23-13-5-2-6-14-23)27(32)28(24)22-11-3-1-4-12-22/h1-6,11-17,24H,7-10,18H2. The number of carbonyl (C=O) groups excluding carboxylic acids is 2. The number of fused-ring (bicyclic) bond motifs is 1. The van der Waals surface area contributed by atoms with Gasteiger partial charge in [-0.1, -0.05) is 48.5 Å². The molecule has 1 aliphatic heterocycles. The number of amides is 1. The normalized spacial score (nSPS) is 18.1. The number of aryl methyl sites for hydroxylation is 2. The number of ketones is 1. The average Bonchev–Trinajstić information content (AvgIpc) is 3.08. The van der Waals surface area contributed by atoms with Crippen molar-refractivity contribution in [1.29, 1.82) is 0 Å². The molecule has 1 fully saturated rings. The zero-order valence-electron chi connectivity index (χ0n) is 17.7. The van der Waals surface area contributed by atoms with Gasteiger partial charge in [-0.2, -0.15) is 0 Å². The van der Waals surface area contributed by atoms with Crippen LogP contribution in [0.25, 0.3) is 0 Å². The topological polar surface area (TPSA) is 40.6 Å². The van der Waals surface area contributed by atoms with Crippen molar-refractivity contribution in [3.8, 4) is 0 Å². The number of Topliss-reactive ketones (excluding diaryl/α,β-unsaturated/α-hetero) is 1. The summed E-state index contributed by atoms with van der Waals surface area (Å²) in [6.45, 7) is 0. The Morgan fingerprint density at radius 2 is 1.47 bits per heavy atom. The predicted molar refractivity (Wildman–Crippen MR) is 131 cm³/mol. The summed E-state index contributed by atoms with van der Waals surface area (Å²) in [5, 5.41) is 0.399. The summed E-state index contributed by atoms with van der Waals surface area (Å²) in [6.07, 6.45) is 4.54. The molecule has 1 amide bonds. The van der Waals surface area contributed by atoms with Gasteiger partial charge in [0.1, 0.15) is 6.04 Å². The van der Waals surface area contributed by atoms with Crippen LogP contribution in [-0.4, -0.2) is 22.8 Å². The number of thiocarbonyl (C=S) groups is 1. The monoisotopic (exact) mass is 440 g/mol. The molecule has 0 aromatic heterocycles. The third kappa shape index (κ3) is 3.73. The second kappa shape index (κ2) is 8.67. The van der Waals surface area contributed by atoms with Crippen LogP contribution >= 0.6 is 12.2 Å². The van der Waals surface area contributed by atoms with E-state index in [2.05, 4.69) is 6.07 Å². The summed E-state index contributed by atoms with van der Waals surface area (Å²) in [6, 6.07) is 24.3. The van der Waals surface area contributed by atoms with Gasteiger partial charge in [0.15, 0.2) is 10.9 Å². The van der Waals surface area contributed by atoms with Crippen LogP contribution in [0.5, 0.6) is 0 Å². The minimum Gasteiger partial charge on any atom is -0.305 e. The van der Waals surface area contributed by atoms with Crippen LogP contribution in [0.4, 0.5) is 11.4 Å². The summed E-state index contributed by atoms with van der Waals surface area (Å²) in [4.78, 5) is 30.2. The molecule has 4 nitrogen and oxygen atoms in total. The van der Waals surface area contributed by atoms with Gasteiger partial charge in [-0.05, 0) is 79.4 Å². The van der Waals surface area contributed by atoms with Crippen molar-refractivity contribution in [3.05, 3.63) is 95.6 Å². The number of rotatable bonds is 5. The molecule has 0 N–H and O–H groups in total. The second-order valence-electron chi connectivity index (χ2n) is 8.33. The van der Waals surface area contributed by atoms with E-state index in [1.54, 1.807) is 4.90 Å². The van der Waals surface area contributed by atoms with Crippen LogP contribution in [0.15, 0.2) is 78.9 Å². The van der Waals surface area contributed by atoms with E-state index in [1.807, 2.05) is 77.7 Å². The number of hydrogen-bond acceptors (Lipinski definition) is 3. The Morgan fingerprint density at radius 1 is 0.844 bits per heavy atom.